The van der Waals surface area contributed by atoms with Gasteiger partial charge in [-0.05, 0) is 30.7 Å². The number of rotatable bonds is 7. The molecule has 0 aliphatic rings. The number of carbonyl (C=O) groups is 1. The van der Waals surface area contributed by atoms with E-state index in [-0.39, 0.29) is 5.78 Å². The lowest BCUT2D eigenvalue weighted by Crippen LogP contribution is -2.13. The fourth-order valence-electron chi connectivity index (χ4n) is 2.14. The van der Waals surface area contributed by atoms with Gasteiger partial charge in [0.25, 0.3) is 0 Å². The van der Waals surface area contributed by atoms with E-state index in [2.05, 4.69) is 11.4 Å². The Morgan fingerprint density at radius 2 is 1.96 bits per heavy atom. The van der Waals surface area contributed by atoms with Gasteiger partial charge >= 0.3 is 0 Å². The zero-order valence-electron chi connectivity index (χ0n) is 12.9. The maximum atomic E-state index is 12.1. The minimum atomic E-state index is -0.980. The van der Waals surface area contributed by atoms with Gasteiger partial charge in [-0.1, -0.05) is 30.3 Å². The van der Waals surface area contributed by atoms with E-state index in [1.165, 1.54) is 6.92 Å². The first-order chi connectivity index (χ1) is 11.1. The highest BCUT2D eigenvalue weighted by atomic mass is 32.2. The summed E-state index contributed by atoms with van der Waals surface area (Å²) in [6.07, 6.45) is 0. The average molecular weight is 326 g/mol. The number of hydrogen-bond donors (Lipinski definition) is 1. The second-order valence-electron chi connectivity index (χ2n) is 5.13. The van der Waals surface area contributed by atoms with Crippen LogP contribution >= 0.6 is 0 Å². The Balaban J connectivity index is 1.93. The van der Waals surface area contributed by atoms with Crippen molar-refractivity contribution in [2.24, 2.45) is 0 Å². The van der Waals surface area contributed by atoms with E-state index in [1.54, 1.807) is 18.2 Å². The van der Waals surface area contributed by atoms with Gasteiger partial charge in [-0.2, -0.15) is 5.26 Å². The molecule has 0 heterocycles. The molecule has 23 heavy (non-hydrogen) atoms. The van der Waals surface area contributed by atoms with E-state index >= 15 is 0 Å². The van der Waals surface area contributed by atoms with Crippen molar-refractivity contribution in [3.05, 3.63) is 65.2 Å². The number of ketones is 1. The third-order valence-electron chi connectivity index (χ3n) is 3.36. The monoisotopic (exact) mass is 326 g/mol. The van der Waals surface area contributed by atoms with Crippen LogP contribution in [0.1, 0.15) is 28.4 Å². The number of benzene rings is 2. The first-order valence-electron chi connectivity index (χ1n) is 7.28. The molecule has 5 heteroatoms. The number of Topliss-reactive ketones (excluding diaryl/α,β-unsaturated/α-hetero) is 1. The van der Waals surface area contributed by atoms with Gasteiger partial charge in [-0.3, -0.25) is 9.00 Å². The first-order valence-corrected chi connectivity index (χ1v) is 8.77. The van der Waals surface area contributed by atoms with Gasteiger partial charge < -0.3 is 5.32 Å². The minimum absolute atomic E-state index is 0.0507. The molecule has 1 N–H and O–H groups in total. The largest absolute Gasteiger partial charge is 0.383 e. The van der Waals surface area contributed by atoms with Gasteiger partial charge in [0.2, 0.25) is 0 Å². The molecule has 0 amide bonds. The summed E-state index contributed by atoms with van der Waals surface area (Å²) in [6, 6.07) is 16.7. The van der Waals surface area contributed by atoms with Crippen molar-refractivity contribution >= 4 is 22.3 Å². The van der Waals surface area contributed by atoms with Crippen LogP contribution in [0, 0.1) is 11.3 Å². The Morgan fingerprint density at radius 1 is 1.22 bits per heavy atom. The second kappa shape index (κ2) is 8.25. The van der Waals surface area contributed by atoms with Crippen LogP contribution in [0.15, 0.2) is 48.5 Å². The van der Waals surface area contributed by atoms with Gasteiger partial charge in [0.05, 0.1) is 11.3 Å². The average Bonchev–Trinajstić information content (AvgIpc) is 2.55. The van der Waals surface area contributed by atoms with E-state index in [0.717, 1.165) is 5.56 Å². The zero-order chi connectivity index (χ0) is 16.7. The number of nitrogens with zero attached hydrogens (tertiary/aromatic N) is 1. The van der Waals surface area contributed by atoms with E-state index in [9.17, 15) is 9.00 Å². The summed E-state index contributed by atoms with van der Waals surface area (Å²) in [5.41, 5.74) is 2.68. The molecule has 4 nitrogen and oxygen atoms in total. The smallest absolute Gasteiger partial charge is 0.159 e. The van der Waals surface area contributed by atoms with Gasteiger partial charge in [-0.15, -0.1) is 0 Å². The van der Waals surface area contributed by atoms with Crippen molar-refractivity contribution in [1.29, 1.82) is 5.26 Å². The summed E-state index contributed by atoms with van der Waals surface area (Å²) in [5.74, 6) is 0.940. The predicted molar refractivity (Wildman–Crippen MR) is 92.8 cm³/mol. The summed E-state index contributed by atoms with van der Waals surface area (Å²) >= 11 is 0. The first kappa shape index (κ1) is 16.9. The van der Waals surface area contributed by atoms with E-state index in [1.807, 2.05) is 30.3 Å². The molecule has 0 saturated heterocycles. The van der Waals surface area contributed by atoms with Crippen molar-refractivity contribution in [2.45, 2.75) is 12.7 Å². The van der Waals surface area contributed by atoms with Crippen molar-refractivity contribution in [3.8, 4) is 6.07 Å². The Hall–Kier alpha value is -2.45. The number of carbonyl (C=O) groups excluding carboxylic acids is 1. The lowest BCUT2D eigenvalue weighted by Gasteiger charge is -2.09. The van der Waals surface area contributed by atoms with Gasteiger partial charge in [0, 0.05) is 34.4 Å². The molecule has 0 radical (unpaired) electrons. The van der Waals surface area contributed by atoms with E-state index in [0.29, 0.717) is 34.9 Å². The summed E-state index contributed by atoms with van der Waals surface area (Å²) in [7, 11) is -0.980. The Bertz CT molecular complexity index is 751. The van der Waals surface area contributed by atoms with Crippen LogP contribution in [-0.4, -0.2) is 22.3 Å². The lowest BCUT2D eigenvalue weighted by atomic mass is 10.1. The number of hydrogen-bond acceptors (Lipinski definition) is 4. The maximum Gasteiger partial charge on any atom is 0.159 e. The molecule has 2 rings (SSSR count). The van der Waals surface area contributed by atoms with E-state index in [4.69, 9.17) is 5.26 Å². The molecule has 118 valence electrons. The highest BCUT2D eigenvalue weighted by molar-refractivity contribution is 7.84. The molecule has 2 aromatic rings. The highest BCUT2D eigenvalue weighted by Crippen LogP contribution is 2.17. The molecular formula is C18H18N2O2S. The second-order valence-corrected chi connectivity index (χ2v) is 6.71. The van der Waals surface area contributed by atoms with Crippen LogP contribution in [0.25, 0.3) is 0 Å². The zero-order valence-corrected chi connectivity index (χ0v) is 13.7. The summed E-state index contributed by atoms with van der Waals surface area (Å²) in [4.78, 5) is 11.4. The van der Waals surface area contributed by atoms with Crippen LogP contribution in [0.3, 0.4) is 0 Å². The van der Waals surface area contributed by atoms with Crippen LogP contribution in [0.2, 0.25) is 0 Å². The molecule has 1 atom stereocenters. The number of nitrogens with one attached hydrogen (secondary N) is 1. The maximum absolute atomic E-state index is 12.1. The molecule has 0 bridgehead atoms. The summed E-state index contributed by atoms with van der Waals surface area (Å²) in [6.45, 7) is 1.97. The van der Waals surface area contributed by atoms with Crippen molar-refractivity contribution in [1.82, 2.24) is 0 Å². The predicted octanol–water partition coefficient (Wildman–Crippen LogP) is 3.12. The molecule has 0 saturated carbocycles. The van der Waals surface area contributed by atoms with Crippen molar-refractivity contribution in [3.63, 3.8) is 0 Å². The molecule has 2 aromatic carbocycles. The van der Waals surface area contributed by atoms with Gasteiger partial charge in [0.1, 0.15) is 6.07 Å². The molecule has 0 fully saturated rings. The third kappa shape index (κ3) is 5.04. The normalized spacial score (nSPS) is 11.5. The van der Waals surface area contributed by atoms with Gasteiger partial charge in [0.15, 0.2) is 5.78 Å². The molecule has 0 aliphatic carbocycles. The third-order valence-corrected chi connectivity index (χ3v) is 4.68. The molecule has 0 aromatic heterocycles. The highest BCUT2D eigenvalue weighted by Gasteiger charge is 2.07. The molecule has 1 unspecified atom stereocenters. The quantitative estimate of drug-likeness (QED) is 0.794. The fraction of sp³-hybridized carbons (Fsp3) is 0.222. The Kier molecular flexibility index (Phi) is 6.07. The number of nitriles is 1. The van der Waals surface area contributed by atoms with Crippen LogP contribution in [0.4, 0.5) is 5.69 Å². The summed E-state index contributed by atoms with van der Waals surface area (Å²) < 4.78 is 12.1. The fourth-order valence-corrected chi connectivity index (χ4v) is 3.18. The summed E-state index contributed by atoms with van der Waals surface area (Å²) in [5, 5.41) is 12.2. The van der Waals surface area contributed by atoms with Crippen molar-refractivity contribution in [2.75, 3.05) is 17.6 Å². The minimum Gasteiger partial charge on any atom is -0.383 e. The van der Waals surface area contributed by atoms with E-state index < -0.39 is 10.8 Å². The Morgan fingerprint density at radius 3 is 2.61 bits per heavy atom. The molecular weight excluding hydrogens is 308 g/mol. The molecule has 0 spiro atoms. The van der Waals surface area contributed by atoms with Crippen LogP contribution in [0.5, 0.6) is 0 Å². The topological polar surface area (TPSA) is 70.0 Å². The van der Waals surface area contributed by atoms with Gasteiger partial charge in [-0.25, -0.2) is 0 Å². The lowest BCUT2D eigenvalue weighted by molar-refractivity contribution is 0.101. The Labute approximate surface area is 138 Å². The van der Waals surface area contributed by atoms with Crippen LogP contribution in [-0.2, 0) is 16.6 Å². The number of anilines is 1. The van der Waals surface area contributed by atoms with Crippen molar-refractivity contribution < 1.29 is 9.00 Å². The molecule has 0 aliphatic heterocycles. The standard InChI is InChI=1S/C18H18N2O2S/c1-14(21)16-7-8-17(12-19)18(11-16)20-9-10-23(22)13-15-5-3-2-4-6-15/h2-8,11,20H,9-10,13H2,1H3. The SMILES string of the molecule is CC(=O)c1ccc(C#N)c(NCCS(=O)Cc2ccccc2)c1. The van der Waals surface area contributed by atoms with Crippen LogP contribution < -0.4 is 5.32 Å².